The molecule has 1 fully saturated rings. The fourth-order valence-corrected chi connectivity index (χ4v) is 3.13. The first kappa shape index (κ1) is 11.8. The summed E-state index contributed by atoms with van der Waals surface area (Å²) in [4.78, 5) is 3.91. The molecule has 0 amide bonds. The number of hydrogen-bond donors (Lipinski definition) is 1. The fourth-order valence-electron chi connectivity index (χ4n) is 1.48. The van der Waals surface area contributed by atoms with Crippen molar-refractivity contribution in [1.29, 1.82) is 0 Å². The van der Waals surface area contributed by atoms with Gasteiger partial charge in [0.05, 0.1) is 4.90 Å². The molecule has 0 bridgehead atoms. The number of rotatable bonds is 3. The van der Waals surface area contributed by atoms with E-state index in [1.165, 1.54) is 18.3 Å². The van der Waals surface area contributed by atoms with Gasteiger partial charge in [-0.25, -0.2) is 18.1 Å². The number of sulfonamides is 1. The van der Waals surface area contributed by atoms with Crippen molar-refractivity contribution >= 4 is 21.6 Å². The minimum atomic E-state index is -3.47. The Morgan fingerprint density at radius 2 is 2.19 bits per heavy atom. The van der Waals surface area contributed by atoms with Gasteiger partial charge in [0, 0.05) is 12.2 Å². The maximum Gasteiger partial charge on any atom is 0.241 e. The summed E-state index contributed by atoms with van der Waals surface area (Å²) in [6.07, 6.45) is 2.25. The van der Waals surface area contributed by atoms with Crippen LogP contribution in [0.15, 0.2) is 23.2 Å². The highest BCUT2D eigenvalue weighted by Gasteiger charge is 2.47. The van der Waals surface area contributed by atoms with Crippen molar-refractivity contribution in [2.75, 3.05) is 0 Å². The van der Waals surface area contributed by atoms with Crippen molar-refractivity contribution in [3.05, 3.63) is 23.5 Å². The second kappa shape index (κ2) is 3.68. The smallest absolute Gasteiger partial charge is 0.241 e. The van der Waals surface area contributed by atoms with Crippen LogP contribution in [0.1, 0.15) is 20.3 Å². The molecule has 1 unspecified atom stereocenters. The predicted molar refractivity (Wildman–Crippen MR) is 61.8 cm³/mol. The predicted octanol–water partition coefficient (Wildman–Crippen LogP) is 1.81. The standard InChI is InChI=1S/C10H13ClN2O2S/c1-10(2)6-8(10)13-16(14,15)7-3-4-12-9(11)5-7/h3-5,8,13H,6H2,1-2H3. The van der Waals surface area contributed by atoms with Crippen LogP contribution in [0.3, 0.4) is 0 Å². The van der Waals surface area contributed by atoms with Crippen LogP contribution >= 0.6 is 11.6 Å². The average Bonchev–Trinajstić information content (AvgIpc) is 2.72. The Kier molecular flexibility index (Phi) is 2.72. The van der Waals surface area contributed by atoms with Crippen molar-refractivity contribution in [2.24, 2.45) is 5.41 Å². The van der Waals surface area contributed by atoms with Gasteiger partial charge in [-0.2, -0.15) is 0 Å². The van der Waals surface area contributed by atoms with Gasteiger partial charge in [0.2, 0.25) is 10.0 Å². The molecule has 1 atom stereocenters. The topological polar surface area (TPSA) is 59.1 Å². The number of aromatic nitrogens is 1. The molecule has 0 aliphatic heterocycles. The highest BCUT2D eigenvalue weighted by atomic mass is 35.5. The molecule has 0 spiro atoms. The molecule has 2 rings (SSSR count). The SMILES string of the molecule is CC1(C)CC1NS(=O)(=O)c1ccnc(Cl)c1. The Bertz CT molecular complexity index is 513. The summed E-state index contributed by atoms with van der Waals surface area (Å²) in [6.45, 7) is 4.05. The minimum Gasteiger partial charge on any atom is -0.244 e. The molecular weight excluding hydrogens is 248 g/mol. The second-order valence-electron chi connectivity index (χ2n) is 4.68. The third-order valence-corrected chi connectivity index (χ3v) is 4.50. The van der Waals surface area contributed by atoms with Crippen LogP contribution in [0.25, 0.3) is 0 Å². The van der Waals surface area contributed by atoms with Crippen LogP contribution in [0.4, 0.5) is 0 Å². The lowest BCUT2D eigenvalue weighted by Gasteiger charge is -2.07. The van der Waals surface area contributed by atoms with Gasteiger partial charge >= 0.3 is 0 Å². The van der Waals surface area contributed by atoms with Crippen LogP contribution in [0.5, 0.6) is 0 Å². The molecule has 1 aromatic heterocycles. The molecule has 1 aromatic rings. The lowest BCUT2D eigenvalue weighted by atomic mass is 10.2. The molecule has 1 aliphatic carbocycles. The van der Waals surface area contributed by atoms with Gasteiger partial charge in [-0.1, -0.05) is 25.4 Å². The van der Waals surface area contributed by atoms with E-state index in [2.05, 4.69) is 9.71 Å². The van der Waals surface area contributed by atoms with E-state index in [0.29, 0.717) is 0 Å². The molecule has 0 radical (unpaired) electrons. The first-order chi connectivity index (χ1) is 7.31. The lowest BCUT2D eigenvalue weighted by molar-refractivity contribution is 0.555. The van der Waals surface area contributed by atoms with Crippen LogP contribution in [0, 0.1) is 5.41 Å². The number of nitrogens with one attached hydrogen (secondary N) is 1. The van der Waals surface area contributed by atoms with E-state index in [1.54, 1.807) is 0 Å². The van der Waals surface area contributed by atoms with Gasteiger partial charge in [-0.05, 0) is 24.0 Å². The van der Waals surface area contributed by atoms with E-state index in [0.717, 1.165) is 6.42 Å². The summed E-state index contributed by atoms with van der Waals surface area (Å²) >= 11 is 5.66. The molecule has 6 heteroatoms. The quantitative estimate of drug-likeness (QED) is 0.844. The Hall–Kier alpha value is -0.650. The van der Waals surface area contributed by atoms with Gasteiger partial charge in [0.15, 0.2) is 0 Å². The van der Waals surface area contributed by atoms with Crippen LogP contribution in [0.2, 0.25) is 5.15 Å². The molecule has 4 nitrogen and oxygen atoms in total. The van der Waals surface area contributed by atoms with Gasteiger partial charge in [-0.15, -0.1) is 0 Å². The monoisotopic (exact) mass is 260 g/mol. The highest BCUT2D eigenvalue weighted by molar-refractivity contribution is 7.89. The zero-order chi connectivity index (χ0) is 12.0. The molecule has 88 valence electrons. The molecule has 0 saturated heterocycles. The Balaban J connectivity index is 2.20. The van der Waals surface area contributed by atoms with E-state index in [4.69, 9.17) is 11.6 Å². The number of hydrogen-bond acceptors (Lipinski definition) is 3. The highest BCUT2D eigenvalue weighted by Crippen LogP contribution is 2.45. The lowest BCUT2D eigenvalue weighted by Crippen LogP contribution is -2.28. The van der Waals surface area contributed by atoms with E-state index in [9.17, 15) is 8.42 Å². The Labute approximate surface area is 100 Å². The Morgan fingerprint density at radius 3 is 2.69 bits per heavy atom. The first-order valence-corrected chi connectivity index (χ1v) is 6.81. The van der Waals surface area contributed by atoms with Crippen molar-refractivity contribution in [1.82, 2.24) is 9.71 Å². The van der Waals surface area contributed by atoms with E-state index in [-0.39, 0.29) is 21.5 Å². The van der Waals surface area contributed by atoms with Crippen molar-refractivity contribution < 1.29 is 8.42 Å². The molecule has 0 aromatic carbocycles. The summed E-state index contributed by atoms with van der Waals surface area (Å²) in [7, 11) is -3.47. The third kappa shape index (κ3) is 2.36. The van der Waals surface area contributed by atoms with Crippen LogP contribution in [-0.4, -0.2) is 19.4 Å². The van der Waals surface area contributed by atoms with Crippen molar-refractivity contribution in [3.63, 3.8) is 0 Å². The average molecular weight is 261 g/mol. The largest absolute Gasteiger partial charge is 0.244 e. The van der Waals surface area contributed by atoms with E-state index in [1.807, 2.05) is 13.8 Å². The van der Waals surface area contributed by atoms with Crippen LogP contribution < -0.4 is 4.72 Å². The molecule has 16 heavy (non-hydrogen) atoms. The van der Waals surface area contributed by atoms with Crippen molar-refractivity contribution in [3.8, 4) is 0 Å². The molecule has 1 N–H and O–H groups in total. The van der Waals surface area contributed by atoms with Crippen LogP contribution in [-0.2, 0) is 10.0 Å². The second-order valence-corrected chi connectivity index (χ2v) is 6.78. The maximum atomic E-state index is 11.9. The van der Waals surface area contributed by atoms with Crippen molar-refractivity contribution in [2.45, 2.75) is 31.2 Å². The molecule has 1 saturated carbocycles. The maximum absolute atomic E-state index is 11.9. The normalized spacial score (nSPS) is 23.1. The van der Waals surface area contributed by atoms with Gasteiger partial charge in [0.25, 0.3) is 0 Å². The van der Waals surface area contributed by atoms with Gasteiger partial charge < -0.3 is 0 Å². The number of pyridine rings is 1. The summed E-state index contributed by atoms with van der Waals surface area (Å²) < 4.78 is 26.5. The minimum absolute atomic E-state index is 0.0180. The summed E-state index contributed by atoms with van der Waals surface area (Å²) in [5.74, 6) is 0. The zero-order valence-electron chi connectivity index (χ0n) is 9.07. The van der Waals surface area contributed by atoms with Gasteiger partial charge in [-0.3, -0.25) is 0 Å². The number of halogens is 1. The van der Waals surface area contributed by atoms with E-state index < -0.39 is 10.0 Å². The molecular formula is C10H13ClN2O2S. The summed E-state index contributed by atoms with van der Waals surface area (Å²) in [6, 6.07) is 2.80. The van der Waals surface area contributed by atoms with Gasteiger partial charge in [0.1, 0.15) is 5.15 Å². The summed E-state index contributed by atoms with van der Waals surface area (Å²) in [5, 5.41) is 0.179. The molecule has 1 heterocycles. The van der Waals surface area contributed by atoms with E-state index >= 15 is 0 Å². The first-order valence-electron chi connectivity index (χ1n) is 4.95. The number of nitrogens with zero attached hydrogens (tertiary/aromatic N) is 1. The summed E-state index contributed by atoms with van der Waals surface area (Å²) in [5.41, 5.74) is 0.0594. The third-order valence-electron chi connectivity index (χ3n) is 2.82. The Morgan fingerprint density at radius 1 is 1.56 bits per heavy atom. The molecule has 1 aliphatic rings. The fraction of sp³-hybridized carbons (Fsp3) is 0.500. The zero-order valence-corrected chi connectivity index (χ0v) is 10.6.